The van der Waals surface area contributed by atoms with E-state index in [9.17, 15) is 0 Å². The Kier molecular flexibility index (Phi) is 6.40. The van der Waals surface area contributed by atoms with E-state index in [2.05, 4.69) is 29.6 Å². The van der Waals surface area contributed by atoms with Gasteiger partial charge in [-0.3, -0.25) is 0 Å². The average molecular weight is 355 g/mol. The SMILES string of the molecule is COc1ccc(CC[C@H]2CC[C@H](Cc3ccc(OC)c(OC)c3)N2)cc1. The van der Waals surface area contributed by atoms with Gasteiger partial charge in [0.15, 0.2) is 11.5 Å². The lowest BCUT2D eigenvalue weighted by atomic mass is 10.0. The quantitative estimate of drug-likeness (QED) is 0.777. The van der Waals surface area contributed by atoms with Gasteiger partial charge in [-0.15, -0.1) is 0 Å². The third-order valence-corrected chi connectivity index (χ3v) is 5.21. The summed E-state index contributed by atoms with van der Waals surface area (Å²) in [4.78, 5) is 0. The third kappa shape index (κ3) is 4.70. The van der Waals surface area contributed by atoms with Crippen LogP contribution < -0.4 is 19.5 Å². The minimum absolute atomic E-state index is 0.536. The van der Waals surface area contributed by atoms with Crippen molar-refractivity contribution in [3.8, 4) is 17.2 Å². The number of hydrogen-bond acceptors (Lipinski definition) is 4. The number of aryl methyl sites for hydroxylation is 1. The summed E-state index contributed by atoms with van der Waals surface area (Å²) in [5.41, 5.74) is 2.66. The highest BCUT2D eigenvalue weighted by Crippen LogP contribution is 2.29. The highest BCUT2D eigenvalue weighted by atomic mass is 16.5. The van der Waals surface area contributed by atoms with Crippen molar-refractivity contribution in [2.24, 2.45) is 0 Å². The van der Waals surface area contributed by atoms with Gasteiger partial charge >= 0.3 is 0 Å². The van der Waals surface area contributed by atoms with Crippen LogP contribution in [0.3, 0.4) is 0 Å². The average Bonchev–Trinajstić information content (AvgIpc) is 3.14. The van der Waals surface area contributed by atoms with E-state index in [1.165, 1.54) is 30.4 Å². The van der Waals surface area contributed by atoms with E-state index in [-0.39, 0.29) is 0 Å². The van der Waals surface area contributed by atoms with Gasteiger partial charge in [-0.2, -0.15) is 0 Å². The Morgan fingerprint density at radius 3 is 2.19 bits per heavy atom. The number of rotatable bonds is 8. The van der Waals surface area contributed by atoms with E-state index in [1.54, 1.807) is 21.3 Å². The van der Waals surface area contributed by atoms with E-state index in [1.807, 2.05) is 18.2 Å². The Labute approximate surface area is 156 Å². The molecule has 0 unspecified atom stereocenters. The summed E-state index contributed by atoms with van der Waals surface area (Å²) in [5, 5.41) is 3.80. The lowest BCUT2D eigenvalue weighted by Gasteiger charge is -2.16. The fraction of sp³-hybridized carbons (Fsp3) is 0.455. The Balaban J connectivity index is 1.49. The van der Waals surface area contributed by atoms with Crippen LogP contribution in [0.15, 0.2) is 42.5 Å². The summed E-state index contributed by atoms with van der Waals surface area (Å²) in [7, 11) is 5.06. The second-order valence-electron chi connectivity index (χ2n) is 6.92. The van der Waals surface area contributed by atoms with Crippen molar-refractivity contribution in [3.05, 3.63) is 53.6 Å². The summed E-state index contributed by atoms with van der Waals surface area (Å²) in [5.74, 6) is 2.51. The molecule has 0 radical (unpaired) electrons. The van der Waals surface area contributed by atoms with E-state index >= 15 is 0 Å². The minimum atomic E-state index is 0.536. The van der Waals surface area contributed by atoms with Crippen LogP contribution in [0.2, 0.25) is 0 Å². The summed E-state index contributed by atoms with van der Waals surface area (Å²) in [6.07, 6.45) is 5.77. The van der Waals surface area contributed by atoms with Gasteiger partial charge in [0.25, 0.3) is 0 Å². The number of methoxy groups -OCH3 is 3. The summed E-state index contributed by atoms with van der Waals surface area (Å²) in [6, 6.07) is 15.7. The highest BCUT2D eigenvalue weighted by Gasteiger charge is 2.23. The van der Waals surface area contributed by atoms with E-state index < -0.39 is 0 Å². The first kappa shape index (κ1) is 18.6. The Morgan fingerprint density at radius 2 is 1.50 bits per heavy atom. The first-order valence-electron chi connectivity index (χ1n) is 9.31. The Bertz CT molecular complexity index is 699. The third-order valence-electron chi connectivity index (χ3n) is 5.21. The van der Waals surface area contributed by atoms with Crippen LogP contribution in [0.25, 0.3) is 0 Å². The van der Waals surface area contributed by atoms with E-state index in [0.717, 1.165) is 30.1 Å². The molecule has 2 atom stereocenters. The van der Waals surface area contributed by atoms with Crippen molar-refractivity contribution < 1.29 is 14.2 Å². The predicted octanol–water partition coefficient (Wildman–Crippen LogP) is 4.01. The molecular weight excluding hydrogens is 326 g/mol. The van der Waals surface area contributed by atoms with Crippen LogP contribution >= 0.6 is 0 Å². The Hall–Kier alpha value is -2.20. The molecule has 2 aromatic rings. The van der Waals surface area contributed by atoms with Crippen LogP contribution in [-0.2, 0) is 12.8 Å². The molecule has 0 aliphatic carbocycles. The molecule has 4 nitrogen and oxygen atoms in total. The molecule has 0 bridgehead atoms. The molecule has 0 spiro atoms. The van der Waals surface area contributed by atoms with Crippen molar-refractivity contribution in [3.63, 3.8) is 0 Å². The van der Waals surface area contributed by atoms with Crippen molar-refractivity contribution in [2.75, 3.05) is 21.3 Å². The van der Waals surface area contributed by atoms with Gasteiger partial charge in [0.1, 0.15) is 5.75 Å². The van der Waals surface area contributed by atoms with Crippen molar-refractivity contribution in [1.29, 1.82) is 0 Å². The van der Waals surface area contributed by atoms with Crippen LogP contribution in [-0.4, -0.2) is 33.4 Å². The highest BCUT2D eigenvalue weighted by molar-refractivity contribution is 5.43. The van der Waals surface area contributed by atoms with Gasteiger partial charge in [-0.25, -0.2) is 0 Å². The van der Waals surface area contributed by atoms with Gasteiger partial charge in [0, 0.05) is 12.1 Å². The molecule has 0 amide bonds. The molecule has 1 saturated heterocycles. The maximum Gasteiger partial charge on any atom is 0.160 e. The molecule has 0 aromatic heterocycles. The fourth-order valence-electron chi connectivity index (χ4n) is 3.72. The molecule has 4 heteroatoms. The topological polar surface area (TPSA) is 39.7 Å². The molecule has 26 heavy (non-hydrogen) atoms. The lowest BCUT2D eigenvalue weighted by Crippen LogP contribution is -2.31. The van der Waals surface area contributed by atoms with E-state index in [0.29, 0.717) is 12.1 Å². The lowest BCUT2D eigenvalue weighted by molar-refractivity contribution is 0.354. The standard InChI is InChI=1S/C22H29NO3/c1-24-20-11-5-16(6-12-20)4-8-18-9-10-19(23-18)14-17-7-13-21(25-2)22(15-17)26-3/h5-7,11-13,15,18-19,23H,4,8-10,14H2,1-3H3/t18-,19+/m0/s1. The monoisotopic (exact) mass is 355 g/mol. The predicted molar refractivity (Wildman–Crippen MR) is 105 cm³/mol. The number of ether oxygens (including phenoxy) is 3. The molecule has 0 saturated carbocycles. The fourth-order valence-corrected chi connectivity index (χ4v) is 3.72. The molecule has 1 aliphatic heterocycles. The van der Waals surface area contributed by atoms with Crippen LogP contribution in [0.4, 0.5) is 0 Å². The van der Waals surface area contributed by atoms with Gasteiger partial charge in [-0.1, -0.05) is 18.2 Å². The second-order valence-corrected chi connectivity index (χ2v) is 6.92. The minimum Gasteiger partial charge on any atom is -0.497 e. The van der Waals surface area contributed by atoms with Gasteiger partial charge in [-0.05, 0) is 67.5 Å². The maximum absolute atomic E-state index is 5.41. The summed E-state index contributed by atoms with van der Waals surface area (Å²) in [6.45, 7) is 0. The van der Waals surface area contributed by atoms with Gasteiger partial charge in [0.2, 0.25) is 0 Å². The molecule has 1 aliphatic rings. The maximum atomic E-state index is 5.41. The van der Waals surface area contributed by atoms with Crippen LogP contribution in [0.5, 0.6) is 17.2 Å². The molecule has 1 fully saturated rings. The van der Waals surface area contributed by atoms with Gasteiger partial charge < -0.3 is 19.5 Å². The summed E-state index contributed by atoms with van der Waals surface area (Å²) >= 11 is 0. The Morgan fingerprint density at radius 1 is 0.808 bits per heavy atom. The number of hydrogen-bond donors (Lipinski definition) is 1. The van der Waals surface area contributed by atoms with Crippen molar-refractivity contribution in [1.82, 2.24) is 5.32 Å². The molecule has 140 valence electrons. The van der Waals surface area contributed by atoms with Crippen molar-refractivity contribution in [2.45, 2.75) is 44.2 Å². The second kappa shape index (κ2) is 8.95. The molecule has 3 rings (SSSR count). The zero-order valence-electron chi connectivity index (χ0n) is 16.0. The normalized spacial score (nSPS) is 19.3. The summed E-state index contributed by atoms with van der Waals surface area (Å²) < 4.78 is 16.0. The van der Waals surface area contributed by atoms with Crippen LogP contribution in [0, 0.1) is 0 Å². The number of benzene rings is 2. The first-order chi connectivity index (χ1) is 12.7. The van der Waals surface area contributed by atoms with Crippen LogP contribution in [0.1, 0.15) is 30.4 Å². The molecule has 1 heterocycles. The van der Waals surface area contributed by atoms with Crippen molar-refractivity contribution >= 4 is 0 Å². The smallest absolute Gasteiger partial charge is 0.160 e. The molecular formula is C22H29NO3. The largest absolute Gasteiger partial charge is 0.497 e. The zero-order valence-corrected chi connectivity index (χ0v) is 16.0. The molecule has 1 N–H and O–H groups in total. The first-order valence-corrected chi connectivity index (χ1v) is 9.31. The number of nitrogens with one attached hydrogen (secondary N) is 1. The zero-order chi connectivity index (χ0) is 18.4. The van der Waals surface area contributed by atoms with E-state index in [4.69, 9.17) is 14.2 Å². The van der Waals surface area contributed by atoms with Gasteiger partial charge in [0.05, 0.1) is 21.3 Å². The molecule has 2 aromatic carbocycles.